The third-order valence-corrected chi connectivity index (χ3v) is 3.54. The number of nitrogens with zero attached hydrogens (tertiary/aromatic N) is 1. The number of rotatable bonds is 6. The van der Waals surface area contributed by atoms with Crippen LogP contribution >= 0.6 is 0 Å². The van der Waals surface area contributed by atoms with Gasteiger partial charge in [0.25, 0.3) is 0 Å². The number of hydrogen-bond donors (Lipinski definition) is 0. The molecule has 1 heterocycles. The van der Waals surface area contributed by atoms with Crippen molar-refractivity contribution in [2.75, 3.05) is 19.7 Å². The summed E-state index contributed by atoms with van der Waals surface area (Å²) < 4.78 is 18.4. The summed E-state index contributed by atoms with van der Waals surface area (Å²) >= 11 is 0. The minimum Gasteiger partial charge on any atom is -0.376 e. The zero-order valence-electron chi connectivity index (χ0n) is 12.4. The highest BCUT2D eigenvalue weighted by molar-refractivity contribution is 5.91. The molecule has 1 unspecified atom stereocenters. The summed E-state index contributed by atoms with van der Waals surface area (Å²) in [6.45, 7) is 4.23. The average molecular weight is 291 g/mol. The van der Waals surface area contributed by atoms with Crippen LogP contribution in [-0.2, 0) is 9.53 Å². The van der Waals surface area contributed by atoms with Crippen molar-refractivity contribution in [3.8, 4) is 0 Å². The third-order valence-electron chi connectivity index (χ3n) is 3.54. The first-order chi connectivity index (χ1) is 10.2. The molecule has 1 saturated heterocycles. The zero-order chi connectivity index (χ0) is 15.1. The van der Waals surface area contributed by atoms with Crippen molar-refractivity contribution in [1.82, 2.24) is 4.90 Å². The maximum Gasteiger partial charge on any atom is 0.246 e. The van der Waals surface area contributed by atoms with Crippen LogP contribution in [0.1, 0.15) is 31.7 Å². The minimum absolute atomic E-state index is 0.0170. The monoisotopic (exact) mass is 291 g/mol. The van der Waals surface area contributed by atoms with E-state index in [1.165, 1.54) is 12.1 Å². The van der Waals surface area contributed by atoms with Crippen LogP contribution in [0.2, 0.25) is 0 Å². The van der Waals surface area contributed by atoms with Gasteiger partial charge in [0.1, 0.15) is 5.82 Å². The Bertz CT molecular complexity index is 478. The molecule has 1 atom stereocenters. The number of amides is 1. The summed E-state index contributed by atoms with van der Waals surface area (Å²) in [5.74, 6) is -0.291. The van der Waals surface area contributed by atoms with Crippen LogP contribution < -0.4 is 0 Å². The summed E-state index contributed by atoms with van der Waals surface area (Å²) in [5.41, 5.74) is 0.818. The largest absolute Gasteiger partial charge is 0.376 e. The van der Waals surface area contributed by atoms with E-state index in [2.05, 4.69) is 6.92 Å². The molecule has 0 saturated carbocycles. The quantitative estimate of drug-likeness (QED) is 0.753. The second-order valence-corrected chi connectivity index (χ2v) is 5.30. The topological polar surface area (TPSA) is 29.5 Å². The molecule has 2 rings (SSSR count). The standard InChI is InChI=1S/C17H22FNO2/c1-2-11-19(13-16-4-3-12-21-16)17(20)10-7-14-5-8-15(18)9-6-14/h5-10,16H,2-4,11-13H2,1H3/b10-7+. The van der Waals surface area contributed by atoms with Crippen LogP contribution in [-0.4, -0.2) is 36.6 Å². The van der Waals surface area contributed by atoms with Crippen molar-refractivity contribution >= 4 is 12.0 Å². The molecule has 0 N–H and O–H groups in total. The maximum absolute atomic E-state index is 12.8. The Morgan fingerprint density at radius 3 is 2.81 bits per heavy atom. The number of carbonyl (C=O) groups is 1. The SMILES string of the molecule is CCCN(CC1CCCO1)C(=O)/C=C/c1ccc(F)cc1. The Morgan fingerprint density at radius 1 is 1.43 bits per heavy atom. The van der Waals surface area contributed by atoms with Gasteiger partial charge in [-0.05, 0) is 43.0 Å². The lowest BCUT2D eigenvalue weighted by molar-refractivity contribution is -0.127. The second kappa shape index (κ2) is 7.93. The fourth-order valence-electron chi connectivity index (χ4n) is 2.44. The lowest BCUT2D eigenvalue weighted by Crippen LogP contribution is -2.36. The molecular weight excluding hydrogens is 269 g/mol. The smallest absolute Gasteiger partial charge is 0.246 e. The Labute approximate surface area is 125 Å². The number of benzene rings is 1. The summed E-state index contributed by atoms with van der Waals surface area (Å²) in [7, 11) is 0. The van der Waals surface area contributed by atoms with Crippen LogP contribution in [0.25, 0.3) is 6.08 Å². The number of carbonyl (C=O) groups excluding carboxylic acids is 1. The highest BCUT2D eigenvalue weighted by Gasteiger charge is 2.20. The van der Waals surface area contributed by atoms with Crippen molar-refractivity contribution in [3.05, 3.63) is 41.7 Å². The first kappa shape index (κ1) is 15.7. The molecule has 4 heteroatoms. The Kier molecular flexibility index (Phi) is 5.93. The molecule has 21 heavy (non-hydrogen) atoms. The minimum atomic E-state index is -0.274. The van der Waals surface area contributed by atoms with Gasteiger partial charge in [-0.25, -0.2) is 4.39 Å². The van der Waals surface area contributed by atoms with E-state index in [0.29, 0.717) is 6.54 Å². The molecule has 3 nitrogen and oxygen atoms in total. The normalized spacial score (nSPS) is 18.3. The van der Waals surface area contributed by atoms with Gasteiger partial charge in [0.15, 0.2) is 0 Å². The van der Waals surface area contributed by atoms with Crippen LogP contribution in [0.5, 0.6) is 0 Å². The second-order valence-electron chi connectivity index (χ2n) is 5.30. The maximum atomic E-state index is 12.8. The predicted molar refractivity (Wildman–Crippen MR) is 81.3 cm³/mol. The van der Waals surface area contributed by atoms with Crippen molar-refractivity contribution in [1.29, 1.82) is 0 Å². The predicted octanol–water partition coefficient (Wildman–Crippen LogP) is 3.26. The molecule has 114 valence electrons. The summed E-state index contributed by atoms with van der Waals surface area (Å²) in [4.78, 5) is 14.1. The molecule has 1 aromatic rings. The van der Waals surface area contributed by atoms with Crippen LogP contribution in [0.3, 0.4) is 0 Å². The Hall–Kier alpha value is -1.68. The number of halogens is 1. The Morgan fingerprint density at radius 2 is 2.19 bits per heavy atom. The van der Waals surface area contributed by atoms with Gasteiger partial charge in [0.05, 0.1) is 6.10 Å². The van der Waals surface area contributed by atoms with Gasteiger partial charge in [-0.1, -0.05) is 19.1 Å². The van der Waals surface area contributed by atoms with Crippen LogP contribution in [0, 0.1) is 5.82 Å². The Balaban J connectivity index is 1.95. The zero-order valence-corrected chi connectivity index (χ0v) is 12.4. The summed E-state index contributed by atoms with van der Waals surface area (Å²) in [5, 5.41) is 0. The molecule has 0 radical (unpaired) electrons. The highest BCUT2D eigenvalue weighted by atomic mass is 19.1. The van der Waals surface area contributed by atoms with Gasteiger partial charge in [-0.15, -0.1) is 0 Å². The van der Waals surface area contributed by atoms with Gasteiger partial charge < -0.3 is 9.64 Å². The van der Waals surface area contributed by atoms with E-state index < -0.39 is 0 Å². The molecule has 1 aliphatic rings. The number of ether oxygens (including phenoxy) is 1. The van der Waals surface area contributed by atoms with Gasteiger partial charge >= 0.3 is 0 Å². The molecule has 1 fully saturated rings. The van der Waals surface area contributed by atoms with E-state index in [4.69, 9.17) is 4.74 Å². The summed E-state index contributed by atoms with van der Waals surface area (Å²) in [6, 6.07) is 6.09. The summed E-state index contributed by atoms with van der Waals surface area (Å²) in [6.07, 6.45) is 6.46. The molecular formula is C17H22FNO2. The van der Waals surface area contributed by atoms with E-state index in [0.717, 1.165) is 38.0 Å². The van der Waals surface area contributed by atoms with Gasteiger partial charge in [0, 0.05) is 25.8 Å². The van der Waals surface area contributed by atoms with Crippen molar-refractivity contribution in [2.45, 2.75) is 32.3 Å². The highest BCUT2D eigenvalue weighted by Crippen LogP contribution is 2.14. The van der Waals surface area contributed by atoms with Crippen molar-refractivity contribution in [3.63, 3.8) is 0 Å². The fourth-order valence-corrected chi connectivity index (χ4v) is 2.44. The lowest BCUT2D eigenvalue weighted by Gasteiger charge is -2.23. The first-order valence-corrected chi connectivity index (χ1v) is 7.53. The van der Waals surface area contributed by atoms with Gasteiger partial charge in [0.2, 0.25) is 5.91 Å². The molecule has 0 spiro atoms. The van der Waals surface area contributed by atoms with E-state index >= 15 is 0 Å². The molecule has 0 bridgehead atoms. The van der Waals surface area contributed by atoms with Gasteiger partial charge in [-0.2, -0.15) is 0 Å². The van der Waals surface area contributed by atoms with E-state index in [-0.39, 0.29) is 17.8 Å². The van der Waals surface area contributed by atoms with Gasteiger partial charge in [-0.3, -0.25) is 4.79 Å². The lowest BCUT2D eigenvalue weighted by atomic mass is 10.2. The molecule has 1 amide bonds. The third kappa shape index (κ3) is 4.97. The van der Waals surface area contributed by atoms with E-state index in [1.54, 1.807) is 24.3 Å². The fraction of sp³-hybridized carbons (Fsp3) is 0.471. The molecule has 0 aromatic heterocycles. The van der Waals surface area contributed by atoms with Crippen molar-refractivity contribution < 1.29 is 13.9 Å². The van der Waals surface area contributed by atoms with E-state index in [1.807, 2.05) is 4.90 Å². The number of hydrogen-bond acceptors (Lipinski definition) is 2. The molecule has 0 aliphatic carbocycles. The average Bonchev–Trinajstić information content (AvgIpc) is 2.99. The van der Waals surface area contributed by atoms with Crippen LogP contribution in [0.4, 0.5) is 4.39 Å². The first-order valence-electron chi connectivity index (χ1n) is 7.53. The molecule has 1 aliphatic heterocycles. The van der Waals surface area contributed by atoms with Crippen LogP contribution in [0.15, 0.2) is 30.3 Å². The molecule has 1 aromatic carbocycles. The van der Waals surface area contributed by atoms with Crippen molar-refractivity contribution in [2.24, 2.45) is 0 Å². The van der Waals surface area contributed by atoms with E-state index in [9.17, 15) is 9.18 Å².